The lowest BCUT2D eigenvalue weighted by Crippen LogP contribution is -2.50. The molecular weight excluding hydrogens is 230 g/mol. The highest BCUT2D eigenvalue weighted by atomic mass is 16.6. The number of alkyl carbamates (subject to hydrolysis) is 1. The largest absolute Gasteiger partial charge is 0.444 e. The van der Waals surface area contributed by atoms with E-state index in [-0.39, 0.29) is 17.4 Å². The Kier molecular flexibility index (Phi) is 4.31. The minimum Gasteiger partial charge on any atom is -0.444 e. The molecule has 1 aliphatic carbocycles. The third-order valence-electron chi connectivity index (χ3n) is 3.62. The smallest absolute Gasteiger partial charge is 0.407 e. The second-order valence-electron chi connectivity index (χ2n) is 6.78. The van der Waals surface area contributed by atoms with E-state index in [9.17, 15) is 9.90 Å². The number of ether oxygens (including phenoxy) is 1. The molecule has 1 fully saturated rings. The number of rotatable bonds is 4. The summed E-state index contributed by atoms with van der Waals surface area (Å²) in [5, 5.41) is 12.9. The molecular formula is C14H27NO3. The van der Waals surface area contributed by atoms with E-state index in [1.165, 1.54) is 0 Å². The molecule has 1 saturated carbocycles. The lowest BCUT2D eigenvalue weighted by molar-refractivity contribution is 0.0327. The van der Waals surface area contributed by atoms with Crippen LogP contribution in [0, 0.1) is 11.3 Å². The molecule has 1 aliphatic rings. The highest BCUT2D eigenvalue weighted by molar-refractivity contribution is 5.68. The third-order valence-corrected chi connectivity index (χ3v) is 3.62. The van der Waals surface area contributed by atoms with Crippen LogP contribution in [0.5, 0.6) is 0 Å². The second kappa shape index (κ2) is 5.08. The average Bonchev–Trinajstić information content (AvgIpc) is 2.91. The summed E-state index contributed by atoms with van der Waals surface area (Å²) < 4.78 is 5.29. The van der Waals surface area contributed by atoms with Crippen LogP contribution in [0.2, 0.25) is 0 Å². The highest BCUT2D eigenvalue weighted by Gasteiger charge is 2.54. The van der Waals surface area contributed by atoms with E-state index in [2.05, 4.69) is 19.2 Å². The Hall–Kier alpha value is -0.770. The van der Waals surface area contributed by atoms with Gasteiger partial charge in [-0.1, -0.05) is 13.8 Å². The molecule has 4 heteroatoms. The summed E-state index contributed by atoms with van der Waals surface area (Å²) in [5.41, 5.74) is -0.655. The first-order chi connectivity index (χ1) is 8.08. The zero-order valence-electron chi connectivity index (χ0n) is 12.4. The Morgan fingerprint density at radius 1 is 1.28 bits per heavy atom. The molecule has 4 nitrogen and oxygen atoms in total. The summed E-state index contributed by atoms with van der Waals surface area (Å²) in [7, 11) is 0. The average molecular weight is 257 g/mol. The van der Waals surface area contributed by atoms with Crippen LogP contribution in [-0.4, -0.2) is 28.9 Å². The summed E-state index contributed by atoms with van der Waals surface area (Å²) in [5.74, 6) is 0.273. The molecule has 0 saturated heterocycles. The van der Waals surface area contributed by atoms with Crippen molar-refractivity contribution < 1.29 is 14.6 Å². The molecule has 0 bridgehead atoms. The number of carbonyl (C=O) groups excluding carboxylic acids is 1. The van der Waals surface area contributed by atoms with Crippen molar-refractivity contribution in [2.75, 3.05) is 0 Å². The predicted octanol–water partition coefficient (Wildman–Crippen LogP) is 2.70. The van der Waals surface area contributed by atoms with Crippen molar-refractivity contribution in [2.24, 2.45) is 11.3 Å². The maximum Gasteiger partial charge on any atom is 0.407 e. The fourth-order valence-electron chi connectivity index (χ4n) is 2.54. The standard InChI is InChI=1S/C14H27NO3/c1-9(2)11(14(7-8-14)10(3)16)15-12(17)18-13(4,5)6/h9-11,16H,7-8H2,1-6H3,(H,15,17). The number of aliphatic hydroxyl groups is 1. The SMILES string of the molecule is CC(C)C(NC(=O)OC(C)(C)C)C1(C(C)O)CC1. The van der Waals surface area contributed by atoms with Crippen LogP contribution in [0.4, 0.5) is 4.79 Å². The van der Waals surface area contributed by atoms with Gasteiger partial charge in [0.15, 0.2) is 0 Å². The maximum absolute atomic E-state index is 11.9. The van der Waals surface area contributed by atoms with Gasteiger partial charge in [0.25, 0.3) is 0 Å². The fraction of sp³-hybridized carbons (Fsp3) is 0.929. The second-order valence-corrected chi connectivity index (χ2v) is 6.78. The number of amides is 1. The fourth-order valence-corrected chi connectivity index (χ4v) is 2.54. The van der Waals surface area contributed by atoms with Crippen LogP contribution < -0.4 is 5.32 Å². The summed E-state index contributed by atoms with van der Waals surface area (Å²) >= 11 is 0. The molecule has 0 aliphatic heterocycles. The first kappa shape index (κ1) is 15.3. The zero-order chi connectivity index (χ0) is 14.1. The number of hydrogen-bond donors (Lipinski definition) is 2. The number of carbonyl (C=O) groups is 1. The van der Waals surface area contributed by atoms with Crippen molar-refractivity contribution in [3.05, 3.63) is 0 Å². The molecule has 0 aromatic heterocycles. The molecule has 2 atom stereocenters. The van der Waals surface area contributed by atoms with Crippen molar-refractivity contribution in [1.29, 1.82) is 0 Å². The predicted molar refractivity (Wildman–Crippen MR) is 71.3 cm³/mol. The van der Waals surface area contributed by atoms with Crippen molar-refractivity contribution in [2.45, 2.75) is 72.1 Å². The number of aliphatic hydroxyl groups excluding tert-OH is 1. The van der Waals surface area contributed by atoms with Crippen molar-refractivity contribution in [3.63, 3.8) is 0 Å². The highest BCUT2D eigenvalue weighted by Crippen LogP contribution is 2.53. The minimum absolute atomic E-state index is 0.0349. The van der Waals surface area contributed by atoms with Gasteiger partial charge < -0.3 is 15.2 Å². The van der Waals surface area contributed by atoms with Crippen LogP contribution in [0.1, 0.15) is 54.4 Å². The van der Waals surface area contributed by atoms with Gasteiger partial charge in [-0.05, 0) is 46.5 Å². The Bertz CT molecular complexity index is 301. The molecule has 0 radical (unpaired) electrons. The Labute approximate surface area is 110 Å². The van der Waals surface area contributed by atoms with Crippen LogP contribution in [-0.2, 0) is 4.74 Å². The van der Waals surface area contributed by atoms with Gasteiger partial charge in [0.2, 0.25) is 0 Å². The summed E-state index contributed by atoms with van der Waals surface area (Å²) in [4.78, 5) is 11.9. The van der Waals surface area contributed by atoms with Gasteiger partial charge in [-0.25, -0.2) is 4.79 Å². The van der Waals surface area contributed by atoms with E-state index in [4.69, 9.17) is 4.74 Å². The van der Waals surface area contributed by atoms with Crippen molar-refractivity contribution >= 4 is 6.09 Å². The van der Waals surface area contributed by atoms with Crippen LogP contribution >= 0.6 is 0 Å². The number of hydrogen-bond acceptors (Lipinski definition) is 3. The molecule has 0 heterocycles. The van der Waals surface area contributed by atoms with E-state index >= 15 is 0 Å². The van der Waals surface area contributed by atoms with Gasteiger partial charge in [-0.15, -0.1) is 0 Å². The molecule has 1 rings (SSSR count). The Morgan fingerprint density at radius 2 is 1.78 bits per heavy atom. The molecule has 0 aromatic carbocycles. The van der Waals surface area contributed by atoms with E-state index in [0.717, 1.165) is 12.8 Å². The monoisotopic (exact) mass is 257 g/mol. The molecule has 18 heavy (non-hydrogen) atoms. The van der Waals surface area contributed by atoms with Gasteiger partial charge >= 0.3 is 6.09 Å². The molecule has 2 unspecified atom stereocenters. The lowest BCUT2D eigenvalue weighted by Gasteiger charge is -2.34. The van der Waals surface area contributed by atoms with E-state index in [1.807, 2.05) is 20.8 Å². The molecule has 106 valence electrons. The number of nitrogens with one attached hydrogen (secondary N) is 1. The molecule has 0 spiro atoms. The topological polar surface area (TPSA) is 58.6 Å². The minimum atomic E-state index is -0.493. The summed E-state index contributed by atoms with van der Waals surface area (Å²) in [6.45, 7) is 11.5. The van der Waals surface area contributed by atoms with E-state index < -0.39 is 17.8 Å². The third kappa shape index (κ3) is 3.61. The quantitative estimate of drug-likeness (QED) is 0.814. The lowest BCUT2D eigenvalue weighted by atomic mass is 9.84. The zero-order valence-corrected chi connectivity index (χ0v) is 12.4. The van der Waals surface area contributed by atoms with Crippen molar-refractivity contribution in [3.8, 4) is 0 Å². The van der Waals surface area contributed by atoms with E-state index in [0.29, 0.717) is 0 Å². The summed E-state index contributed by atoms with van der Waals surface area (Å²) in [6.07, 6.45) is 1.13. The normalized spacial score (nSPS) is 21.3. The van der Waals surface area contributed by atoms with Crippen LogP contribution in [0.25, 0.3) is 0 Å². The first-order valence-electron chi connectivity index (χ1n) is 6.76. The summed E-state index contributed by atoms with van der Waals surface area (Å²) in [6, 6.07) is -0.0349. The van der Waals surface area contributed by atoms with Gasteiger partial charge in [0.1, 0.15) is 5.60 Å². The van der Waals surface area contributed by atoms with Gasteiger partial charge in [-0.3, -0.25) is 0 Å². The maximum atomic E-state index is 11.9. The first-order valence-corrected chi connectivity index (χ1v) is 6.76. The van der Waals surface area contributed by atoms with Crippen molar-refractivity contribution in [1.82, 2.24) is 5.32 Å². The van der Waals surface area contributed by atoms with Gasteiger partial charge in [0.05, 0.1) is 6.10 Å². The van der Waals surface area contributed by atoms with Crippen LogP contribution in [0.3, 0.4) is 0 Å². The van der Waals surface area contributed by atoms with Gasteiger partial charge in [0, 0.05) is 11.5 Å². The Morgan fingerprint density at radius 3 is 2.06 bits per heavy atom. The molecule has 1 amide bonds. The molecule has 2 N–H and O–H groups in total. The Balaban J connectivity index is 2.68. The molecule has 0 aromatic rings. The van der Waals surface area contributed by atoms with E-state index in [1.54, 1.807) is 6.92 Å². The van der Waals surface area contributed by atoms with Gasteiger partial charge in [-0.2, -0.15) is 0 Å². The van der Waals surface area contributed by atoms with Crippen LogP contribution in [0.15, 0.2) is 0 Å².